The molecule has 112 valence electrons. The number of nitrogens with zero attached hydrogens (tertiary/aromatic N) is 2. The number of rotatable bonds is 7. The van der Waals surface area contributed by atoms with Gasteiger partial charge in [0.05, 0.1) is 5.75 Å². The summed E-state index contributed by atoms with van der Waals surface area (Å²) in [4.78, 5) is 11.4. The van der Waals surface area contributed by atoms with Crippen molar-refractivity contribution in [2.75, 3.05) is 17.6 Å². The zero-order valence-electron chi connectivity index (χ0n) is 12.0. The number of amides is 1. The molecule has 0 radical (unpaired) electrons. The van der Waals surface area contributed by atoms with E-state index in [2.05, 4.69) is 33.8 Å². The number of para-hydroxylation sites is 1. The van der Waals surface area contributed by atoms with Crippen LogP contribution in [0.2, 0.25) is 0 Å². The third-order valence-corrected chi connectivity index (χ3v) is 4.72. The number of hydrogen-bond acceptors (Lipinski definition) is 6. The van der Waals surface area contributed by atoms with Gasteiger partial charge in [0.15, 0.2) is 4.34 Å². The van der Waals surface area contributed by atoms with Gasteiger partial charge in [-0.2, -0.15) is 0 Å². The van der Waals surface area contributed by atoms with Crippen molar-refractivity contribution in [3.8, 4) is 0 Å². The van der Waals surface area contributed by atoms with Crippen molar-refractivity contribution in [2.24, 2.45) is 0 Å². The number of thioether (sulfide) groups is 1. The number of aromatic nitrogens is 2. The van der Waals surface area contributed by atoms with Crippen LogP contribution in [0.4, 0.5) is 10.8 Å². The van der Waals surface area contributed by atoms with Crippen molar-refractivity contribution >= 4 is 39.8 Å². The molecule has 0 atom stereocenters. The number of anilines is 2. The Balaban J connectivity index is 1.95. The van der Waals surface area contributed by atoms with Crippen LogP contribution >= 0.6 is 23.1 Å². The van der Waals surface area contributed by atoms with Crippen LogP contribution in [0.1, 0.15) is 19.4 Å². The highest BCUT2D eigenvalue weighted by Crippen LogP contribution is 2.28. The van der Waals surface area contributed by atoms with Crippen LogP contribution in [-0.4, -0.2) is 28.4 Å². The summed E-state index contributed by atoms with van der Waals surface area (Å²) in [5.41, 5.74) is 2.29. The molecule has 5 nitrogen and oxygen atoms in total. The molecular weight excluding hydrogens is 304 g/mol. The Bertz CT molecular complexity index is 600. The third-order valence-electron chi connectivity index (χ3n) is 2.75. The van der Waals surface area contributed by atoms with Gasteiger partial charge in [0, 0.05) is 12.2 Å². The summed E-state index contributed by atoms with van der Waals surface area (Å²) in [7, 11) is 0. The molecule has 2 rings (SSSR count). The summed E-state index contributed by atoms with van der Waals surface area (Å²) in [6.07, 6.45) is 0.959. The van der Waals surface area contributed by atoms with E-state index in [0.29, 0.717) is 12.3 Å². The van der Waals surface area contributed by atoms with Crippen molar-refractivity contribution in [1.29, 1.82) is 0 Å². The van der Waals surface area contributed by atoms with Gasteiger partial charge in [-0.25, -0.2) is 0 Å². The minimum atomic E-state index is 0.0172. The standard InChI is InChI=1S/C14H18N4OS2/c1-3-10-7-5-6-8-11(10)16-13-17-18-14(21-13)20-9-12(19)15-4-2/h5-8H,3-4,9H2,1-2H3,(H,15,19)(H,16,17). The largest absolute Gasteiger partial charge is 0.356 e. The van der Waals surface area contributed by atoms with Gasteiger partial charge in [-0.15, -0.1) is 10.2 Å². The van der Waals surface area contributed by atoms with Crippen LogP contribution < -0.4 is 10.6 Å². The van der Waals surface area contributed by atoms with E-state index in [-0.39, 0.29) is 5.91 Å². The van der Waals surface area contributed by atoms with E-state index in [1.165, 1.54) is 28.7 Å². The lowest BCUT2D eigenvalue weighted by atomic mass is 10.1. The number of benzene rings is 1. The topological polar surface area (TPSA) is 66.9 Å². The second-order valence-corrected chi connectivity index (χ2v) is 6.45. The molecule has 2 aromatic rings. The van der Waals surface area contributed by atoms with E-state index in [1.54, 1.807) is 0 Å². The van der Waals surface area contributed by atoms with Gasteiger partial charge in [-0.05, 0) is 25.0 Å². The molecule has 0 unspecified atom stereocenters. The number of hydrogen-bond donors (Lipinski definition) is 2. The Hall–Kier alpha value is -1.60. The summed E-state index contributed by atoms with van der Waals surface area (Å²) in [6.45, 7) is 4.67. The van der Waals surface area contributed by atoms with Gasteiger partial charge in [0.25, 0.3) is 0 Å². The number of carbonyl (C=O) groups excluding carboxylic acids is 1. The Labute approximate surface area is 132 Å². The van der Waals surface area contributed by atoms with E-state index < -0.39 is 0 Å². The predicted octanol–water partition coefficient (Wildman–Crippen LogP) is 3.07. The molecule has 1 heterocycles. The lowest BCUT2D eigenvalue weighted by Crippen LogP contribution is -2.24. The molecule has 7 heteroatoms. The smallest absolute Gasteiger partial charge is 0.230 e. The molecule has 1 aromatic carbocycles. The van der Waals surface area contributed by atoms with Gasteiger partial charge in [-0.1, -0.05) is 48.2 Å². The van der Waals surface area contributed by atoms with Crippen molar-refractivity contribution in [2.45, 2.75) is 24.6 Å². The summed E-state index contributed by atoms with van der Waals surface area (Å²) < 4.78 is 0.790. The van der Waals surface area contributed by atoms with Crippen molar-refractivity contribution in [1.82, 2.24) is 15.5 Å². The zero-order valence-corrected chi connectivity index (χ0v) is 13.7. The molecule has 21 heavy (non-hydrogen) atoms. The SMILES string of the molecule is CCNC(=O)CSc1nnc(Nc2ccccc2CC)s1. The van der Waals surface area contributed by atoms with Gasteiger partial charge in [0.1, 0.15) is 0 Å². The van der Waals surface area contributed by atoms with Gasteiger partial charge < -0.3 is 10.6 Å². The Morgan fingerprint density at radius 1 is 1.29 bits per heavy atom. The number of nitrogens with one attached hydrogen (secondary N) is 2. The molecule has 0 fully saturated rings. The second-order valence-electron chi connectivity index (χ2n) is 4.25. The van der Waals surface area contributed by atoms with E-state index in [9.17, 15) is 4.79 Å². The molecule has 0 saturated carbocycles. The van der Waals surface area contributed by atoms with E-state index in [0.717, 1.165) is 21.6 Å². The maximum atomic E-state index is 11.4. The maximum Gasteiger partial charge on any atom is 0.230 e. The normalized spacial score (nSPS) is 10.4. The van der Waals surface area contributed by atoms with Crippen LogP contribution in [0.5, 0.6) is 0 Å². The van der Waals surface area contributed by atoms with Crippen molar-refractivity contribution in [3.05, 3.63) is 29.8 Å². The van der Waals surface area contributed by atoms with Gasteiger partial charge >= 0.3 is 0 Å². The fourth-order valence-corrected chi connectivity index (χ4v) is 3.35. The highest BCUT2D eigenvalue weighted by atomic mass is 32.2. The first-order chi connectivity index (χ1) is 10.2. The first kappa shape index (κ1) is 15.8. The van der Waals surface area contributed by atoms with E-state index >= 15 is 0 Å². The lowest BCUT2D eigenvalue weighted by Gasteiger charge is -2.06. The Morgan fingerprint density at radius 3 is 2.86 bits per heavy atom. The molecule has 1 aromatic heterocycles. The highest BCUT2D eigenvalue weighted by molar-refractivity contribution is 8.01. The number of carbonyl (C=O) groups is 1. The first-order valence-corrected chi connectivity index (χ1v) is 8.61. The molecule has 0 bridgehead atoms. The average molecular weight is 322 g/mol. The predicted molar refractivity (Wildman–Crippen MR) is 88.4 cm³/mol. The van der Waals surface area contributed by atoms with E-state index in [4.69, 9.17) is 0 Å². The third kappa shape index (κ3) is 4.71. The maximum absolute atomic E-state index is 11.4. The number of aryl methyl sites for hydroxylation is 1. The molecular formula is C14H18N4OS2. The quantitative estimate of drug-likeness (QED) is 0.767. The molecule has 0 aliphatic carbocycles. The van der Waals surface area contributed by atoms with Crippen LogP contribution in [0.15, 0.2) is 28.6 Å². The minimum Gasteiger partial charge on any atom is -0.356 e. The molecule has 0 aliphatic heterocycles. The zero-order chi connectivity index (χ0) is 15.1. The van der Waals surface area contributed by atoms with Crippen LogP contribution in [0.3, 0.4) is 0 Å². The molecule has 2 N–H and O–H groups in total. The minimum absolute atomic E-state index is 0.0172. The second kappa shape index (κ2) is 7.99. The van der Waals surface area contributed by atoms with Gasteiger partial charge in [0.2, 0.25) is 11.0 Å². The van der Waals surface area contributed by atoms with Crippen LogP contribution in [-0.2, 0) is 11.2 Å². The van der Waals surface area contributed by atoms with E-state index in [1.807, 2.05) is 25.1 Å². The Kier molecular flexibility index (Phi) is 6.01. The Morgan fingerprint density at radius 2 is 2.10 bits per heavy atom. The van der Waals surface area contributed by atoms with Crippen LogP contribution in [0.25, 0.3) is 0 Å². The average Bonchev–Trinajstić information content (AvgIpc) is 2.94. The van der Waals surface area contributed by atoms with Crippen molar-refractivity contribution < 1.29 is 4.79 Å². The molecule has 1 amide bonds. The fourth-order valence-electron chi connectivity index (χ4n) is 1.76. The molecule has 0 spiro atoms. The fraction of sp³-hybridized carbons (Fsp3) is 0.357. The highest BCUT2D eigenvalue weighted by Gasteiger charge is 2.08. The summed E-state index contributed by atoms with van der Waals surface area (Å²) in [5, 5.41) is 15.0. The van der Waals surface area contributed by atoms with Crippen LogP contribution in [0, 0.1) is 0 Å². The summed E-state index contributed by atoms with van der Waals surface area (Å²) in [6, 6.07) is 8.14. The van der Waals surface area contributed by atoms with Crippen molar-refractivity contribution in [3.63, 3.8) is 0 Å². The summed E-state index contributed by atoms with van der Waals surface area (Å²) >= 11 is 2.86. The van der Waals surface area contributed by atoms with Gasteiger partial charge in [-0.3, -0.25) is 4.79 Å². The summed E-state index contributed by atoms with van der Waals surface area (Å²) in [5.74, 6) is 0.386. The first-order valence-electron chi connectivity index (χ1n) is 6.80. The monoisotopic (exact) mass is 322 g/mol. The molecule has 0 aliphatic rings. The lowest BCUT2D eigenvalue weighted by molar-refractivity contribution is -0.118. The molecule has 0 saturated heterocycles.